The third-order valence-corrected chi connectivity index (χ3v) is 9.58. The van der Waals surface area contributed by atoms with E-state index in [9.17, 15) is 32.8 Å². The first-order chi connectivity index (χ1) is 21.8. The van der Waals surface area contributed by atoms with Crippen LogP contribution in [-0.4, -0.2) is 71.1 Å². The van der Waals surface area contributed by atoms with Crippen LogP contribution in [0, 0.1) is 17.6 Å². The minimum absolute atomic E-state index is 0.0154. The Hall–Kier alpha value is -4.55. The van der Waals surface area contributed by atoms with Crippen LogP contribution in [0.25, 0.3) is 0 Å². The molecule has 46 heavy (non-hydrogen) atoms. The van der Waals surface area contributed by atoms with Gasteiger partial charge in [0.25, 0.3) is 0 Å². The molecule has 0 aromatic heterocycles. The van der Waals surface area contributed by atoms with Crippen LogP contribution in [0.5, 0.6) is 5.75 Å². The molecule has 244 valence electrons. The van der Waals surface area contributed by atoms with Gasteiger partial charge in [0.1, 0.15) is 29.5 Å². The molecule has 1 aliphatic carbocycles. The van der Waals surface area contributed by atoms with Gasteiger partial charge in [-0.2, -0.15) is 0 Å². The van der Waals surface area contributed by atoms with E-state index in [0.29, 0.717) is 42.7 Å². The number of primary amides is 1. The van der Waals surface area contributed by atoms with E-state index < -0.39 is 58.3 Å². The number of benzene rings is 2. The zero-order valence-corrected chi connectivity index (χ0v) is 25.7. The molecule has 13 heteroatoms. The molecule has 2 aromatic carbocycles. The Morgan fingerprint density at radius 3 is 2.52 bits per heavy atom. The molecule has 3 atom stereocenters. The largest absolute Gasteiger partial charge is 0.494 e. The average molecular weight is 638 g/mol. The number of nitrogens with zero attached hydrogens (tertiary/aromatic N) is 2. The zero-order valence-electron chi connectivity index (χ0n) is 25.7. The second-order valence-corrected chi connectivity index (χ2v) is 13.2. The number of carbonyl (C=O) groups excluding carboxylic acids is 5. The maximum Gasteiger partial charge on any atom is 0.312 e. The first-order valence-electron chi connectivity index (χ1n) is 15.6. The topological polar surface area (TPSA) is 151 Å². The van der Waals surface area contributed by atoms with E-state index in [-0.39, 0.29) is 49.9 Å². The predicted octanol–water partition coefficient (Wildman–Crippen LogP) is 2.46. The van der Waals surface area contributed by atoms with E-state index in [4.69, 9.17) is 10.5 Å². The van der Waals surface area contributed by atoms with Crippen molar-refractivity contribution in [2.24, 2.45) is 11.7 Å². The minimum atomic E-state index is -1.26. The number of hydrogen-bond donors (Lipinski definition) is 3. The third kappa shape index (κ3) is 5.45. The van der Waals surface area contributed by atoms with E-state index in [1.54, 1.807) is 18.2 Å². The number of ether oxygens (including phenoxy) is 1. The number of amides is 5. The first kappa shape index (κ1) is 31.4. The Morgan fingerprint density at radius 2 is 1.85 bits per heavy atom. The van der Waals surface area contributed by atoms with Gasteiger partial charge in [0.05, 0.1) is 17.6 Å². The normalized spacial score (nSPS) is 25.1. The van der Waals surface area contributed by atoms with Crippen molar-refractivity contribution in [3.8, 4) is 5.75 Å². The summed E-state index contributed by atoms with van der Waals surface area (Å²) in [4.78, 5) is 70.9. The summed E-state index contributed by atoms with van der Waals surface area (Å²) in [5.41, 5.74) is 4.62. The van der Waals surface area contributed by atoms with Gasteiger partial charge in [-0.15, -0.1) is 0 Å². The number of halogens is 2. The lowest BCUT2D eigenvalue weighted by atomic mass is 9.79. The molecule has 11 nitrogen and oxygen atoms in total. The fourth-order valence-corrected chi connectivity index (χ4v) is 7.07. The van der Waals surface area contributed by atoms with Gasteiger partial charge in [-0.1, -0.05) is 19.9 Å². The van der Waals surface area contributed by atoms with E-state index in [1.807, 2.05) is 13.8 Å². The fourth-order valence-electron chi connectivity index (χ4n) is 7.07. The van der Waals surface area contributed by atoms with Gasteiger partial charge in [0, 0.05) is 30.4 Å². The molecule has 5 amide bonds. The summed E-state index contributed by atoms with van der Waals surface area (Å²) >= 11 is 0. The Labute approximate surface area is 264 Å². The van der Waals surface area contributed by atoms with Crippen molar-refractivity contribution in [3.63, 3.8) is 0 Å². The SMILES string of the molecule is CC(C)C[C@H]1C(=O)N2C[C@]3(C[C@H]2C(N)=O)C(=O)Nc2ccc(cc23)OCCCCN1C(=O)C(=O)NC1(c2ccc(F)cc2F)CC1. The van der Waals surface area contributed by atoms with Gasteiger partial charge in [-0.3, -0.25) is 24.0 Å². The minimum Gasteiger partial charge on any atom is -0.494 e. The lowest BCUT2D eigenvalue weighted by Crippen LogP contribution is -2.58. The monoisotopic (exact) mass is 637 g/mol. The maximum absolute atomic E-state index is 14.7. The molecule has 4 bridgehead atoms. The van der Waals surface area contributed by atoms with Crippen molar-refractivity contribution < 1.29 is 37.5 Å². The summed E-state index contributed by atoms with van der Waals surface area (Å²) in [6.07, 6.45) is 1.67. The van der Waals surface area contributed by atoms with Crippen LogP contribution in [0.2, 0.25) is 0 Å². The number of anilines is 1. The van der Waals surface area contributed by atoms with Crippen LogP contribution in [0.4, 0.5) is 14.5 Å². The molecular formula is C33H37F2N5O6. The summed E-state index contributed by atoms with van der Waals surface area (Å²) in [5.74, 6) is -4.97. The van der Waals surface area contributed by atoms with Gasteiger partial charge in [0.15, 0.2) is 0 Å². The van der Waals surface area contributed by atoms with Crippen LogP contribution < -0.4 is 21.1 Å². The second kappa shape index (κ2) is 11.7. The fraction of sp³-hybridized carbons (Fsp3) is 0.485. The zero-order chi connectivity index (χ0) is 33.0. The summed E-state index contributed by atoms with van der Waals surface area (Å²) < 4.78 is 34.3. The molecule has 1 spiro atoms. The van der Waals surface area contributed by atoms with Crippen molar-refractivity contribution in [1.82, 2.24) is 15.1 Å². The molecule has 4 N–H and O–H groups in total. The van der Waals surface area contributed by atoms with Crippen molar-refractivity contribution in [1.29, 1.82) is 0 Å². The van der Waals surface area contributed by atoms with E-state index in [0.717, 1.165) is 12.1 Å². The predicted molar refractivity (Wildman–Crippen MR) is 161 cm³/mol. The smallest absolute Gasteiger partial charge is 0.312 e. The van der Waals surface area contributed by atoms with Crippen molar-refractivity contribution in [2.45, 2.75) is 75.4 Å². The number of fused-ring (bicyclic) bond motifs is 2. The van der Waals surface area contributed by atoms with E-state index in [2.05, 4.69) is 10.6 Å². The Kier molecular flexibility index (Phi) is 7.97. The molecule has 4 aliphatic rings. The molecule has 1 saturated carbocycles. The first-order valence-corrected chi connectivity index (χ1v) is 15.6. The number of rotatable bonds is 5. The average Bonchev–Trinajstić information content (AvgIpc) is 3.56. The molecule has 1 saturated heterocycles. The summed E-state index contributed by atoms with van der Waals surface area (Å²) in [6, 6.07) is 5.99. The van der Waals surface area contributed by atoms with Gasteiger partial charge in [0.2, 0.25) is 17.7 Å². The Morgan fingerprint density at radius 1 is 1.09 bits per heavy atom. The van der Waals surface area contributed by atoms with Crippen molar-refractivity contribution >= 4 is 35.2 Å². The molecule has 6 rings (SSSR count). The van der Waals surface area contributed by atoms with E-state index in [1.165, 1.54) is 15.9 Å². The Bertz CT molecular complexity index is 1630. The van der Waals surface area contributed by atoms with Crippen LogP contribution in [-0.2, 0) is 34.9 Å². The molecule has 3 aliphatic heterocycles. The van der Waals surface area contributed by atoms with Crippen LogP contribution in [0.1, 0.15) is 63.5 Å². The molecule has 2 fully saturated rings. The quantitative estimate of drug-likeness (QED) is 0.429. The second-order valence-electron chi connectivity index (χ2n) is 13.2. The van der Waals surface area contributed by atoms with Gasteiger partial charge in [-0.25, -0.2) is 8.78 Å². The van der Waals surface area contributed by atoms with Crippen molar-refractivity contribution in [2.75, 3.05) is 25.0 Å². The van der Waals surface area contributed by atoms with Crippen LogP contribution >= 0.6 is 0 Å². The standard InChI is InChI=1S/C33H37F2N5O6/c1-18(2)13-25-29(43)40-17-32(16-26(40)27(36)41)22-15-20(6-8-24(22)37-31(32)45)46-12-4-3-11-39(25)30(44)28(42)38-33(9-10-33)21-7-5-19(34)14-23(21)35/h5-8,14-15,18,25-26H,3-4,9-13,16-17H2,1-2H3,(H2,36,41)(H,37,45)(H,38,42)/t25-,26-,32-/m0/s1. The highest BCUT2D eigenvalue weighted by Crippen LogP contribution is 2.48. The number of nitrogens with two attached hydrogens (primary N) is 1. The van der Waals surface area contributed by atoms with Gasteiger partial charge < -0.3 is 30.9 Å². The summed E-state index contributed by atoms with van der Waals surface area (Å²) in [6.45, 7) is 3.86. The highest BCUT2D eigenvalue weighted by Gasteiger charge is 2.58. The maximum atomic E-state index is 14.7. The summed E-state index contributed by atoms with van der Waals surface area (Å²) in [5, 5.41) is 5.52. The Balaban J connectivity index is 1.35. The van der Waals surface area contributed by atoms with E-state index >= 15 is 0 Å². The van der Waals surface area contributed by atoms with Gasteiger partial charge >= 0.3 is 11.8 Å². The number of hydrogen-bond acceptors (Lipinski definition) is 6. The number of nitrogens with one attached hydrogen (secondary N) is 2. The molecule has 2 aromatic rings. The van der Waals surface area contributed by atoms with Crippen molar-refractivity contribution in [3.05, 3.63) is 59.2 Å². The molecular weight excluding hydrogens is 600 g/mol. The highest BCUT2D eigenvalue weighted by molar-refractivity contribution is 6.35. The van der Waals surface area contributed by atoms with Gasteiger partial charge in [-0.05, 0) is 74.3 Å². The number of carbonyl (C=O) groups is 5. The molecule has 3 heterocycles. The lowest BCUT2D eigenvalue weighted by molar-refractivity contribution is -0.154. The highest BCUT2D eigenvalue weighted by atomic mass is 19.1. The molecule has 0 radical (unpaired) electrons. The molecule has 0 unspecified atom stereocenters. The third-order valence-electron chi connectivity index (χ3n) is 9.58. The van der Waals surface area contributed by atoms with Crippen LogP contribution in [0.3, 0.4) is 0 Å². The summed E-state index contributed by atoms with van der Waals surface area (Å²) in [7, 11) is 0. The van der Waals surface area contributed by atoms with Crippen LogP contribution in [0.15, 0.2) is 36.4 Å². The lowest BCUT2D eigenvalue weighted by Gasteiger charge is -2.36.